The van der Waals surface area contributed by atoms with Crippen LogP contribution in [0.5, 0.6) is 11.5 Å². The van der Waals surface area contributed by atoms with Crippen molar-refractivity contribution in [3.8, 4) is 11.5 Å². The van der Waals surface area contributed by atoms with Crippen molar-refractivity contribution in [2.75, 3.05) is 13.3 Å². The minimum absolute atomic E-state index is 0.0190. The van der Waals surface area contributed by atoms with Crippen LogP contribution in [0.15, 0.2) is 18.2 Å². The van der Waals surface area contributed by atoms with Gasteiger partial charge < -0.3 is 20.9 Å². The van der Waals surface area contributed by atoms with Crippen LogP contribution in [0.1, 0.15) is 18.0 Å². The molecule has 0 saturated carbocycles. The van der Waals surface area contributed by atoms with Crippen molar-refractivity contribution in [2.45, 2.75) is 12.5 Å². The van der Waals surface area contributed by atoms with Gasteiger partial charge in [0.05, 0.1) is 0 Å². The molecular weight excluding hydrogens is 180 g/mol. The molecule has 76 valence electrons. The summed E-state index contributed by atoms with van der Waals surface area (Å²) in [7, 11) is 0. The molecule has 1 aliphatic heterocycles. The van der Waals surface area contributed by atoms with Crippen molar-refractivity contribution in [1.82, 2.24) is 0 Å². The molecular formula is C10H14N2O2. The van der Waals surface area contributed by atoms with Gasteiger partial charge in [0.2, 0.25) is 6.79 Å². The third-order valence-corrected chi connectivity index (χ3v) is 2.30. The monoisotopic (exact) mass is 194 g/mol. The van der Waals surface area contributed by atoms with E-state index in [1.54, 1.807) is 0 Å². The van der Waals surface area contributed by atoms with Crippen LogP contribution in [0.2, 0.25) is 0 Å². The SMILES string of the molecule is NCCC(N)c1ccc2c(c1)OCO2. The Balaban J connectivity index is 2.19. The zero-order valence-corrected chi connectivity index (χ0v) is 7.90. The number of fused-ring (bicyclic) bond motifs is 1. The zero-order valence-electron chi connectivity index (χ0n) is 7.90. The topological polar surface area (TPSA) is 70.5 Å². The van der Waals surface area contributed by atoms with Crippen molar-refractivity contribution < 1.29 is 9.47 Å². The number of benzene rings is 1. The zero-order chi connectivity index (χ0) is 9.97. The molecule has 1 heterocycles. The van der Waals surface area contributed by atoms with Gasteiger partial charge in [-0.15, -0.1) is 0 Å². The third kappa shape index (κ3) is 1.66. The maximum absolute atomic E-state index is 5.92. The number of hydrogen-bond acceptors (Lipinski definition) is 4. The lowest BCUT2D eigenvalue weighted by molar-refractivity contribution is 0.174. The van der Waals surface area contributed by atoms with Crippen LogP contribution in [0.3, 0.4) is 0 Å². The molecule has 1 aromatic carbocycles. The summed E-state index contributed by atoms with van der Waals surface area (Å²) in [4.78, 5) is 0. The smallest absolute Gasteiger partial charge is 0.231 e. The summed E-state index contributed by atoms with van der Waals surface area (Å²) in [6.07, 6.45) is 0.777. The van der Waals surface area contributed by atoms with Crippen LogP contribution >= 0.6 is 0 Å². The molecule has 4 N–H and O–H groups in total. The van der Waals surface area contributed by atoms with E-state index in [9.17, 15) is 0 Å². The van der Waals surface area contributed by atoms with E-state index in [4.69, 9.17) is 20.9 Å². The summed E-state index contributed by atoms with van der Waals surface area (Å²) >= 11 is 0. The molecule has 1 aliphatic rings. The van der Waals surface area contributed by atoms with Crippen LogP contribution in [0, 0.1) is 0 Å². The predicted molar refractivity (Wildman–Crippen MR) is 53.2 cm³/mol. The molecule has 1 aromatic rings. The van der Waals surface area contributed by atoms with E-state index in [-0.39, 0.29) is 6.04 Å². The lowest BCUT2D eigenvalue weighted by Crippen LogP contribution is -2.15. The van der Waals surface area contributed by atoms with Gasteiger partial charge in [-0.3, -0.25) is 0 Å². The summed E-state index contributed by atoms with van der Waals surface area (Å²) in [6.45, 7) is 0.889. The first-order valence-electron chi connectivity index (χ1n) is 4.66. The van der Waals surface area contributed by atoms with E-state index in [0.29, 0.717) is 13.3 Å². The van der Waals surface area contributed by atoms with E-state index in [2.05, 4.69) is 0 Å². The minimum Gasteiger partial charge on any atom is -0.454 e. The van der Waals surface area contributed by atoms with Crippen molar-refractivity contribution >= 4 is 0 Å². The molecule has 0 aromatic heterocycles. The van der Waals surface area contributed by atoms with Gasteiger partial charge in [-0.2, -0.15) is 0 Å². The summed E-state index contributed by atoms with van der Waals surface area (Å²) in [5, 5.41) is 0. The largest absolute Gasteiger partial charge is 0.454 e. The Kier molecular flexibility index (Phi) is 2.56. The summed E-state index contributed by atoms with van der Waals surface area (Å²) in [6, 6.07) is 5.74. The fraction of sp³-hybridized carbons (Fsp3) is 0.400. The second-order valence-corrected chi connectivity index (χ2v) is 3.30. The maximum atomic E-state index is 5.92. The Hall–Kier alpha value is -1.26. The second kappa shape index (κ2) is 3.86. The quantitative estimate of drug-likeness (QED) is 0.745. The highest BCUT2D eigenvalue weighted by molar-refractivity contribution is 5.45. The van der Waals surface area contributed by atoms with Gasteiger partial charge in [-0.05, 0) is 30.7 Å². The molecule has 2 rings (SSSR count). The number of hydrogen-bond donors (Lipinski definition) is 2. The Morgan fingerprint density at radius 2 is 2.07 bits per heavy atom. The summed E-state index contributed by atoms with van der Waals surface area (Å²) in [5.41, 5.74) is 12.4. The lowest BCUT2D eigenvalue weighted by Gasteiger charge is -2.10. The van der Waals surface area contributed by atoms with E-state index < -0.39 is 0 Å². The fourth-order valence-electron chi connectivity index (χ4n) is 1.49. The molecule has 14 heavy (non-hydrogen) atoms. The highest BCUT2D eigenvalue weighted by atomic mass is 16.7. The molecule has 0 aliphatic carbocycles. The molecule has 1 atom stereocenters. The van der Waals surface area contributed by atoms with Crippen molar-refractivity contribution in [3.05, 3.63) is 23.8 Å². The van der Waals surface area contributed by atoms with Gasteiger partial charge in [0, 0.05) is 6.04 Å². The molecule has 4 nitrogen and oxygen atoms in total. The first-order valence-corrected chi connectivity index (χ1v) is 4.66. The van der Waals surface area contributed by atoms with Crippen LogP contribution in [0.4, 0.5) is 0 Å². The minimum atomic E-state index is -0.0190. The highest BCUT2D eigenvalue weighted by Gasteiger charge is 2.15. The van der Waals surface area contributed by atoms with E-state index in [0.717, 1.165) is 23.5 Å². The predicted octanol–water partition coefficient (Wildman–Crippen LogP) is 0.764. The van der Waals surface area contributed by atoms with Crippen molar-refractivity contribution in [3.63, 3.8) is 0 Å². The van der Waals surface area contributed by atoms with E-state index in [1.165, 1.54) is 0 Å². The van der Waals surface area contributed by atoms with Gasteiger partial charge in [0.1, 0.15) is 0 Å². The molecule has 1 unspecified atom stereocenters. The van der Waals surface area contributed by atoms with Gasteiger partial charge >= 0.3 is 0 Å². The van der Waals surface area contributed by atoms with Gasteiger partial charge in [0.25, 0.3) is 0 Å². The highest BCUT2D eigenvalue weighted by Crippen LogP contribution is 2.34. The first kappa shape index (κ1) is 9.30. The second-order valence-electron chi connectivity index (χ2n) is 3.30. The number of nitrogens with two attached hydrogens (primary N) is 2. The molecule has 0 radical (unpaired) electrons. The Morgan fingerprint density at radius 3 is 2.86 bits per heavy atom. The molecule has 0 fully saturated rings. The van der Waals surface area contributed by atoms with Crippen LogP contribution in [-0.4, -0.2) is 13.3 Å². The number of ether oxygens (including phenoxy) is 2. The van der Waals surface area contributed by atoms with Crippen molar-refractivity contribution in [1.29, 1.82) is 0 Å². The molecule has 0 amide bonds. The number of rotatable bonds is 3. The molecule has 4 heteroatoms. The fourth-order valence-corrected chi connectivity index (χ4v) is 1.49. The standard InChI is InChI=1S/C10H14N2O2/c11-4-3-8(12)7-1-2-9-10(5-7)14-6-13-9/h1-2,5,8H,3-4,6,11-12H2. The first-order chi connectivity index (χ1) is 6.81. The molecule has 0 spiro atoms. The molecule has 0 bridgehead atoms. The average Bonchev–Trinajstić information content (AvgIpc) is 2.64. The normalized spacial score (nSPS) is 15.6. The Bertz CT molecular complexity index is 328. The van der Waals surface area contributed by atoms with Gasteiger partial charge in [0.15, 0.2) is 11.5 Å². The van der Waals surface area contributed by atoms with E-state index in [1.807, 2.05) is 18.2 Å². The van der Waals surface area contributed by atoms with Crippen LogP contribution in [-0.2, 0) is 0 Å². The maximum Gasteiger partial charge on any atom is 0.231 e. The van der Waals surface area contributed by atoms with E-state index >= 15 is 0 Å². The van der Waals surface area contributed by atoms with Crippen molar-refractivity contribution in [2.24, 2.45) is 11.5 Å². The Morgan fingerprint density at radius 1 is 1.29 bits per heavy atom. The van der Waals surface area contributed by atoms with Crippen LogP contribution < -0.4 is 20.9 Å². The Labute approximate surface area is 82.8 Å². The average molecular weight is 194 g/mol. The van der Waals surface area contributed by atoms with Crippen LogP contribution in [0.25, 0.3) is 0 Å². The summed E-state index contributed by atoms with van der Waals surface area (Å²) < 4.78 is 10.5. The molecule has 0 saturated heterocycles. The third-order valence-electron chi connectivity index (χ3n) is 2.30. The van der Waals surface area contributed by atoms with Gasteiger partial charge in [-0.25, -0.2) is 0 Å². The van der Waals surface area contributed by atoms with Gasteiger partial charge in [-0.1, -0.05) is 6.07 Å². The lowest BCUT2D eigenvalue weighted by atomic mass is 10.0. The summed E-state index contributed by atoms with van der Waals surface area (Å²) in [5.74, 6) is 1.56.